The third-order valence-corrected chi connectivity index (χ3v) is 6.92. The number of anilines is 1. The van der Waals surface area contributed by atoms with E-state index >= 15 is 0 Å². The number of hydrogen-bond acceptors (Lipinski definition) is 7. The zero-order valence-corrected chi connectivity index (χ0v) is 20.6. The molecule has 0 atom stereocenters. The third-order valence-electron chi connectivity index (χ3n) is 4.78. The van der Waals surface area contributed by atoms with E-state index in [-0.39, 0.29) is 5.91 Å². The highest BCUT2D eigenvalue weighted by Gasteiger charge is 2.19. The second-order valence-electron chi connectivity index (χ2n) is 6.92. The molecule has 4 aromatic rings. The minimum Gasteiger partial charge on any atom is -0.493 e. The Labute approximate surface area is 209 Å². The molecule has 0 bridgehead atoms. The quantitative estimate of drug-likeness (QED) is 0.276. The highest BCUT2D eigenvalue weighted by Crippen LogP contribution is 2.39. The lowest BCUT2D eigenvalue weighted by Gasteiger charge is -2.07. The maximum Gasteiger partial charge on any atom is 0.256 e. The molecule has 0 radical (unpaired) electrons. The van der Waals surface area contributed by atoms with Gasteiger partial charge in [-0.15, -0.1) is 11.3 Å². The van der Waals surface area contributed by atoms with Gasteiger partial charge in [0.05, 0.1) is 24.7 Å². The van der Waals surface area contributed by atoms with Crippen LogP contribution in [0.2, 0.25) is 5.02 Å². The van der Waals surface area contributed by atoms with E-state index in [1.807, 2.05) is 23.6 Å². The Morgan fingerprint density at radius 1 is 1.12 bits per heavy atom. The minimum atomic E-state index is -0.285. The first-order valence-electron chi connectivity index (χ1n) is 9.98. The van der Waals surface area contributed by atoms with E-state index in [2.05, 4.69) is 11.4 Å². The van der Waals surface area contributed by atoms with E-state index < -0.39 is 0 Å². The van der Waals surface area contributed by atoms with Crippen LogP contribution in [-0.2, 0) is 0 Å². The molecule has 9 heteroatoms. The van der Waals surface area contributed by atoms with Gasteiger partial charge in [0.2, 0.25) is 0 Å². The van der Waals surface area contributed by atoms with E-state index in [9.17, 15) is 10.1 Å². The number of benzene rings is 2. The summed E-state index contributed by atoms with van der Waals surface area (Å²) < 4.78 is 10.6. The summed E-state index contributed by atoms with van der Waals surface area (Å²) >= 11 is 8.68. The van der Waals surface area contributed by atoms with Gasteiger partial charge in [-0.25, -0.2) is 4.98 Å². The first-order chi connectivity index (χ1) is 16.5. The number of halogens is 1. The Morgan fingerprint density at radius 2 is 1.88 bits per heavy atom. The van der Waals surface area contributed by atoms with E-state index in [4.69, 9.17) is 26.1 Å². The van der Waals surface area contributed by atoms with Crippen molar-refractivity contribution < 1.29 is 14.3 Å². The molecule has 0 aliphatic carbocycles. The van der Waals surface area contributed by atoms with Crippen LogP contribution >= 0.6 is 34.3 Å². The molecule has 0 spiro atoms. The van der Waals surface area contributed by atoms with Crippen LogP contribution in [0.5, 0.6) is 11.5 Å². The number of aromatic nitrogens is 1. The Hall–Kier alpha value is -3.64. The lowest BCUT2D eigenvalue weighted by Crippen LogP contribution is -2.11. The Morgan fingerprint density at radius 3 is 2.53 bits per heavy atom. The standard InChI is InChI=1S/C25H18ClN3O3S2/c1-31-19-10-5-15(13-20(19)32-2)12-17(14-27)24-28-22(21-4-3-11-33-21)25(34-24)29-23(30)16-6-8-18(26)9-7-16/h3-13H,1-2H3,(H,29,30)/b17-12+. The number of ether oxygens (including phenoxy) is 2. The average Bonchev–Trinajstić information content (AvgIpc) is 3.53. The van der Waals surface area contributed by atoms with Crippen LogP contribution < -0.4 is 14.8 Å². The Balaban J connectivity index is 1.72. The molecule has 6 nitrogen and oxygen atoms in total. The summed E-state index contributed by atoms with van der Waals surface area (Å²) in [5.74, 6) is 0.870. The molecular formula is C25H18ClN3O3S2. The molecule has 0 fully saturated rings. The van der Waals surface area contributed by atoms with Crippen LogP contribution in [0, 0.1) is 11.3 Å². The number of rotatable bonds is 7. The van der Waals surface area contributed by atoms with Crippen LogP contribution in [0.4, 0.5) is 5.00 Å². The number of nitrogens with zero attached hydrogens (tertiary/aromatic N) is 2. The molecule has 2 aromatic carbocycles. The summed E-state index contributed by atoms with van der Waals surface area (Å²) in [4.78, 5) is 18.4. The number of allylic oxidation sites excluding steroid dienone is 1. The molecule has 0 saturated carbocycles. The first kappa shape index (κ1) is 23.5. The largest absolute Gasteiger partial charge is 0.493 e. The molecule has 0 aliphatic heterocycles. The normalized spacial score (nSPS) is 11.1. The van der Waals surface area contributed by atoms with Crippen LogP contribution in [0.25, 0.3) is 22.2 Å². The summed E-state index contributed by atoms with van der Waals surface area (Å²) in [7, 11) is 3.12. The number of thiazole rings is 1. The van der Waals surface area contributed by atoms with Gasteiger partial charge in [0, 0.05) is 10.6 Å². The zero-order chi connectivity index (χ0) is 24.1. The average molecular weight is 508 g/mol. The predicted molar refractivity (Wildman–Crippen MR) is 138 cm³/mol. The first-order valence-corrected chi connectivity index (χ1v) is 12.1. The SMILES string of the molecule is COc1ccc(/C=C(\C#N)c2nc(-c3cccs3)c(NC(=O)c3ccc(Cl)cc3)s2)cc1OC. The number of thiophene rings is 1. The third kappa shape index (κ3) is 5.13. The van der Waals surface area contributed by atoms with E-state index in [1.54, 1.807) is 56.7 Å². The van der Waals surface area contributed by atoms with E-state index in [0.29, 0.717) is 43.4 Å². The summed E-state index contributed by atoms with van der Waals surface area (Å²) in [5, 5.41) is 16.4. The number of carbonyl (C=O) groups excluding carboxylic acids is 1. The van der Waals surface area contributed by atoms with Gasteiger partial charge in [-0.2, -0.15) is 5.26 Å². The highest BCUT2D eigenvalue weighted by atomic mass is 35.5. The van der Waals surface area contributed by atoms with Gasteiger partial charge in [0.1, 0.15) is 21.8 Å². The topological polar surface area (TPSA) is 84.2 Å². The predicted octanol–water partition coefficient (Wildman–Crippen LogP) is 6.86. The van der Waals surface area contributed by atoms with Gasteiger partial charge in [0.25, 0.3) is 5.91 Å². The molecule has 2 aromatic heterocycles. The van der Waals surface area contributed by atoms with E-state index in [1.165, 1.54) is 22.7 Å². The van der Waals surface area contributed by atoms with Crippen molar-refractivity contribution in [3.63, 3.8) is 0 Å². The fourth-order valence-corrected chi connectivity index (χ4v) is 4.98. The molecule has 4 rings (SSSR count). The van der Waals surface area contributed by atoms with Crippen molar-refractivity contribution in [2.75, 3.05) is 19.5 Å². The summed E-state index contributed by atoms with van der Waals surface area (Å²) in [6, 6.07) is 18.1. The van der Waals surface area contributed by atoms with Crippen molar-refractivity contribution in [3.05, 3.63) is 81.1 Å². The Kier molecular flexibility index (Phi) is 7.28. The Bertz CT molecular complexity index is 1390. The van der Waals surface area contributed by atoms with E-state index in [0.717, 1.165) is 10.4 Å². The van der Waals surface area contributed by atoms with Gasteiger partial charge >= 0.3 is 0 Å². The molecular weight excluding hydrogens is 490 g/mol. The van der Waals surface area contributed by atoms with Gasteiger partial charge in [-0.3, -0.25) is 4.79 Å². The molecule has 1 amide bonds. The maximum atomic E-state index is 12.8. The smallest absolute Gasteiger partial charge is 0.256 e. The molecule has 2 heterocycles. The summed E-state index contributed by atoms with van der Waals surface area (Å²) in [6.07, 6.45) is 1.73. The van der Waals surface area contributed by atoms with Crippen LogP contribution in [-0.4, -0.2) is 25.1 Å². The van der Waals surface area contributed by atoms with Crippen LogP contribution in [0.1, 0.15) is 20.9 Å². The van der Waals surface area contributed by atoms with Gasteiger partial charge in [-0.1, -0.05) is 35.1 Å². The highest BCUT2D eigenvalue weighted by molar-refractivity contribution is 7.19. The summed E-state index contributed by atoms with van der Waals surface area (Å²) in [6.45, 7) is 0. The number of carbonyl (C=O) groups is 1. The molecule has 34 heavy (non-hydrogen) atoms. The monoisotopic (exact) mass is 507 g/mol. The van der Waals surface area contributed by atoms with Crippen molar-refractivity contribution in [3.8, 4) is 28.1 Å². The number of hydrogen-bond donors (Lipinski definition) is 1. The maximum absolute atomic E-state index is 12.8. The molecule has 0 saturated heterocycles. The fourth-order valence-electron chi connectivity index (χ4n) is 3.13. The van der Waals surface area contributed by atoms with Crippen molar-refractivity contribution in [1.29, 1.82) is 5.26 Å². The van der Waals surface area contributed by atoms with Crippen molar-refractivity contribution in [1.82, 2.24) is 4.98 Å². The zero-order valence-electron chi connectivity index (χ0n) is 18.2. The van der Waals surface area contributed by atoms with Crippen molar-refractivity contribution in [2.45, 2.75) is 0 Å². The molecule has 0 aliphatic rings. The van der Waals surface area contributed by atoms with Crippen molar-refractivity contribution >= 4 is 56.8 Å². The molecule has 0 unspecified atom stereocenters. The second kappa shape index (κ2) is 10.5. The van der Waals surface area contributed by atoms with Crippen molar-refractivity contribution in [2.24, 2.45) is 0 Å². The number of methoxy groups -OCH3 is 2. The molecule has 1 N–H and O–H groups in total. The lowest BCUT2D eigenvalue weighted by atomic mass is 10.1. The number of nitriles is 1. The number of amides is 1. The number of nitrogens with one attached hydrogen (secondary N) is 1. The molecule has 170 valence electrons. The van der Waals surface area contributed by atoms with Crippen LogP contribution in [0.15, 0.2) is 60.0 Å². The van der Waals surface area contributed by atoms with Gasteiger partial charge in [-0.05, 0) is 59.5 Å². The van der Waals surface area contributed by atoms with Gasteiger partial charge < -0.3 is 14.8 Å². The lowest BCUT2D eigenvalue weighted by molar-refractivity contribution is 0.102. The van der Waals surface area contributed by atoms with Crippen LogP contribution in [0.3, 0.4) is 0 Å². The summed E-state index contributed by atoms with van der Waals surface area (Å²) in [5.41, 5.74) is 2.21. The van der Waals surface area contributed by atoms with Gasteiger partial charge in [0.15, 0.2) is 11.5 Å². The fraction of sp³-hybridized carbons (Fsp3) is 0.0800. The minimum absolute atomic E-state index is 0.285. The second-order valence-corrected chi connectivity index (χ2v) is 9.30.